The molecular weight excluding hydrogens is 282 g/mol. The van der Waals surface area contributed by atoms with Crippen LogP contribution in [0.3, 0.4) is 0 Å². The maximum absolute atomic E-state index is 5.88. The smallest absolute Gasteiger partial charge is 0.128 e. The average molecular weight is 300 g/mol. The van der Waals surface area contributed by atoms with E-state index >= 15 is 0 Å². The Hall–Kier alpha value is -0.650. The highest BCUT2D eigenvalue weighted by Crippen LogP contribution is 2.21. The van der Waals surface area contributed by atoms with E-state index in [1.807, 2.05) is 13.1 Å². The van der Waals surface area contributed by atoms with Crippen LogP contribution in [0.4, 0.5) is 5.82 Å². The van der Waals surface area contributed by atoms with Crippen LogP contribution in [-0.4, -0.2) is 36.8 Å². The van der Waals surface area contributed by atoms with Crippen LogP contribution < -0.4 is 10.6 Å². The molecule has 0 aliphatic carbocycles. The second kappa shape index (κ2) is 5.33. The molecule has 0 aromatic carbocycles. The molecule has 1 aliphatic rings. The highest BCUT2D eigenvalue weighted by Gasteiger charge is 2.24. The van der Waals surface area contributed by atoms with Crippen LogP contribution in [0, 0.1) is 6.92 Å². The van der Waals surface area contributed by atoms with Crippen molar-refractivity contribution in [2.45, 2.75) is 26.0 Å². The van der Waals surface area contributed by atoms with Gasteiger partial charge in [0.25, 0.3) is 0 Å². The Kier molecular flexibility index (Phi) is 4.01. The van der Waals surface area contributed by atoms with Gasteiger partial charge >= 0.3 is 0 Å². The number of hydrogen-bond donors (Lipinski definition) is 1. The minimum atomic E-state index is 0.0503. The van der Waals surface area contributed by atoms with E-state index in [1.54, 1.807) is 0 Å². The van der Waals surface area contributed by atoms with E-state index in [4.69, 9.17) is 10.5 Å². The molecule has 2 unspecified atom stereocenters. The van der Waals surface area contributed by atoms with Gasteiger partial charge < -0.3 is 15.4 Å². The molecule has 17 heavy (non-hydrogen) atoms. The summed E-state index contributed by atoms with van der Waals surface area (Å²) >= 11 is 3.46. The van der Waals surface area contributed by atoms with E-state index in [0.717, 1.165) is 23.4 Å². The molecule has 0 radical (unpaired) electrons. The van der Waals surface area contributed by atoms with Crippen LogP contribution in [-0.2, 0) is 4.74 Å². The van der Waals surface area contributed by atoms with Crippen molar-refractivity contribution >= 4 is 21.7 Å². The van der Waals surface area contributed by atoms with Crippen LogP contribution in [0.1, 0.15) is 12.5 Å². The topological polar surface area (TPSA) is 51.4 Å². The van der Waals surface area contributed by atoms with Gasteiger partial charge in [-0.25, -0.2) is 4.98 Å². The predicted molar refractivity (Wildman–Crippen MR) is 72.3 cm³/mol. The minimum Gasteiger partial charge on any atom is -0.373 e. The zero-order chi connectivity index (χ0) is 12.4. The standard InChI is InChI=1S/C12H18BrN3O/c1-8-5-12(15-6-10(8)13)16-3-4-17-11(7-16)9(2)14/h5-6,9,11H,3-4,7,14H2,1-2H3. The Morgan fingerprint density at radius 3 is 3.06 bits per heavy atom. The van der Waals surface area contributed by atoms with Crippen molar-refractivity contribution in [3.05, 3.63) is 22.3 Å². The largest absolute Gasteiger partial charge is 0.373 e. The summed E-state index contributed by atoms with van der Waals surface area (Å²) in [5, 5.41) is 0. The number of ether oxygens (including phenoxy) is 1. The molecule has 2 N–H and O–H groups in total. The molecule has 0 spiro atoms. The summed E-state index contributed by atoms with van der Waals surface area (Å²) in [7, 11) is 0. The number of aryl methyl sites for hydroxylation is 1. The number of anilines is 1. The van der Waals surface area contributed by atoms with Gasteiger partial charge in [-0.05, 0) is 41.4 Å². The van der Waals surface area contributed by atoms with Crippen LogP contribution in [0.5, 0.6) is 0 Å². The van der Waals surface area contributed by atoms with Crippen molar-refractivity contribution in [3.63, 3.8) is 0 Å². The van der Waals surface area contributed by atoms with E-state index in [0.29, 0.717) is 6.61 Å². The number of nitrogens with zero attached hydrogens (tertiary/aromatic N) is 2. The number of aromatic nitrogens is 1. The summed E-state index contributed by atoms with van der Waals surface area (Å²) in [5.74, 6) is 1.000. The second-order valence-electron chi connectivity index (χ2n) is 4.51. The summed E-state index contributed by atoms with van der Waals surface area (Å²) in [5.41, 5.74) is 7.08. The molecule has 2 atom stereocenters. The molecular formula is C12H18BrN3O. The first-order valence-corrected chi connectivity index (χ1v) is 6.61. The van der Waals surface area contributed by atoms with E-state index in [2.05, 4.69) is 38.8 Å². The van der Waals surface area contributed by atoms with Gasteiger partial charge in [0.1, 0.15) is 5.82 Å². The fourth-order valence-corrected chi connectivity index (χ4v) is 2.12. The SMILES string of the molecule is Cc1cc(N2CCOC(C(C)N)C2)ncc1Br. The molecule has 1 fully saturated rings. The quantitative estimate of drug-likeness (QED) is 0.903. The van der Waals surface area contributed by atoms with Crippen molar-refractivity contribution in [1.82, 2.24) is 4.98 Å². The van der Waals surface area contributed by atoms with Gasteiger partial charge in [-0.3, -0.25) is 0 Å². The number of rotatable bonds is 2. The summed E-state index contributed by atoms with van der Waals surface area (Å²) in [4.78, 5) is 6.67. The lowest BCUT2D eigenvalue weighted by molar-refractivity contribution is 0.0273. The molecule has 1 saturated heterocycles. The number of nitrogens with two attached hydrogens (primary N) is 1. The molecule has 0 amide bonds. The molecule has 2 heterocycles. The zero-order valence-corrected chi connectivity index (χ0v) is 11.8. The van der Waals surface area contributed by atoms with Crippen LogP contribution in [0.25, 0.3) is 0 Å². The lowest BCUT2D eigenvalue weighted by Crippen LogP contribution is -2.49. The zero-order valence-electron chi connectivity index (χ0n) is 10.2. The molecule has 1 aromatic heterocycles. The van der Waals surface area contributed by atoms with Gasteiger partial charge in [0.15, 0.2) is 0 Å². The van der Waals surface area contributed by atoms with Gasteiger partial charge in [0, 0.05) is 29.8 Å². The summed E-state index contributed by atoms with van der Waals surface area (Å²) < 4.78 is 6.68. The lowest BCUT2D eigenvalue weighted by Gasteiger charge is -2.35. The molecule has 0 bridgehead atoms. The maximum atomic E-state index is 5.88. The molecule has 2 rings (SSSR count). The predicted octanol–water partition coefficient (Wildman–Crippen LogP) is 1.70. The Labute approximate surface area is 110 Å². The summed E-state index contributed by atoms with van der Waals surface area (Å²) in [6.45, 7) is 6.44. The first-order valence-electron chi connectivity index (χ1n) is 5.82. The Morgan fingerprint density at radius 2 is 2.41 bits per heavy atom. The van der Waals surface area contributed by atoms with Gasteiger partial charge in [-0.15, -0.1) is 0 Å². The number of pyridine rings is 1. The Bertz CT molecular complexity index is 397. The number of morpholine rings is 1. The van der Waals surface area contributed by atoms with Crippen molar-refractivity contribution < 1.29 is 4.74 Å². The number of halogens is 1. The van der Waals surface area contributed by atoms with Gasteiger partial charge in [0.2, 0.25) is 0 Å². The van der Waals surface area contributed by atoms with E-state index in [-0.39, 0.29) is 12.1 Å². The van der Waals surface area contributed by atoms with Crippen molar-refractivity contribution in [2.75, 3.05) is 24.6 Å². The fourth-order valence-electron chi connectivity index (χ4n) is 1.90. The molecule has 0 saturated carbocycles. The third kappa shape index (κ3) is 2.97. The Morgan fingerprint density at radius 1 is 1.65 bits per heavy atom. The van der Waals surface area contributed by atoms with Gasteiger partial charge in [-0.1, -0.05) is 0 Å². The van der Waals surface area contributed by atoms with E-state index < -0.39 is 0 Å². The summed E-state index contributed by atoms with van der Waals surface area (Å²) in [6, 6.07) is 2.14. The van der Waals surface area contributed by atoms with Crippen molar-refractivity contribution in [3.8, 4) is 0 Å². The first kappa shape index (κ1) is 12.8. The third-order valence-corrected chi connectivity index (χ3v) is 3.87. The van der Waals surface area contributed by atoms with E-state index in [9.17, 15) is 0 Å². The van der Waals surface area contributed by atoms with E-state index in [1.165, 1.54) is 5.56 Å². The molecule has 94 valence electrons. The molecule has 4 nitrogen and oxygen atoms in total. The summed E-state index contributed by atoms with van der Waals surface area (Å²) in [6.07, 6.45) is 1.94. The van der Waals surface area contributed by atoms with Crippen LogP contribution in [0.2, 0.25) is 0 Å². The lowest BCUT2D eigenvalue weighted by atomic mass is 10.1. The minimum absolute atomic E-state index is 0.0503. The monoisotopic (exact) mass is 299 g/mol. The third-order valence-electron chi connectivity index (χ3n) is 3.04. The van der Waals surface area contributed by atoms with Gasteiger partial charge in [-0.2, -0.15) is 0 Å². The molecule has 5 heteroatoms. The second-order valence-corrected chi connectivity index (χ2v) is 5.36. The van der Waals surface area contributed by atoms with Gasteiger partial charge in [0.05, 0.1) is 12.7 Å². The molecule has 1 aromatic rings. The maximum Gasteiger partial charge on any atom is 0.128 e. The van der Waals surface area contributed by atoms with Crippen LogP contribution in [0.15, 0.2) is 16.7 Å². The van der Waals surface area contributed by atoms with Crippen molar-refractivity contribution in [2.24, 2.45) is 5.73 Å². The van der Waals surface area contributed by atoms with Crippen LogP contribution >= 0.6 is 15.9 Å². The highest BCUT2D eigenvalue weighted by molar-refractivity contribution is 9.10. The first-order chi connectivity index (χ1) is 8.08. The number of hydrogen-bond acceptors (Lipinski definition) is 4. The Balaban J connectivity index is 2.13. The van der Waals surface area contributed by atoms with Crippen molar-refractivity contribution in [1.29, 1.82) is 0 Å². The molecule has 1 aliphatic heterocycles. The average Bonchev–Trinajstić information content (AvgIpc) is 2.33. The fraction of sp³-hybridized carbons (Fsp3) is 0.583. The highest BCUT2D eigenvalue weighted by atomic mass is 79.9. The normalized spacial score (nSPS) is 22.6.